The second-order valence-electron chi connectivity index (χ2n) is 24.7. The number of nitrogens with one attached hydrogen (secondary N) is 1. The number of allylic oxidation sites excluding steroid dienone is 1. The first-order valence-electron chi connectivity index (χ1n) is 34.4. The summed E-state index contributed by atoms with van der Waals surface area (Å²) in [5.41, 5.74) is 0. The number of unbranched alkanes of at least 4 members (excludes halogenated alkanes) is 44. The van der Waals surface area contributed by atoms with Gasteiger partial charge in [-0.15, -0.1) is 0 Å². The Morgan fingerprint density at radius 1 is 0.432 bits per heavy atom. The molecule has 2 saturated heterocycles. The van der Waals surface area contributed by atoms with Crippen molar-refractivity contribution in [2.45, 2.75) is 389 Å². The first-order valence-corrected chi connectivity index (χ1v) is 34.4. The van der Waals surface area contributed by atoms with E-state index in [2.05, 4.69) is 19.2 Å². The monoisotopic (exact) mass is 1160 g/mol. The number of aliphatic hydroxyl groups is 8. The highest BCUT2D eigenvalue weighted by atomic mass is 16.7. The minimum atomic E-state index is -1.79. The molecule has 1 amide bonds. The maximum absolute atomic E-state index is 13.3. The zero-order valence-corrected chi connectivity index (χ0v) is 52.1. The van der Waals surface area contributed by atoms with Crippen molar-refractivity contribution >= 4 is 5.91 Å². The number of aliphatic hydroxyl groups excluding tert-OH is 8. The van der Waals surface area contributed by atoms with Crippen molar-refractivity contribution in [2.24, 2.45) is 0 Å². The van der Waals surface area contributed by atoms with Gasteiger partial charge in [0.05, 0.1) is 32.0 Å². The molecule has 0 aromatic heterocycles. The normalized spacial score (nSPS) is 24.1. The number of carbonyl (C=O) groups excluding carboxylic acids is 1. The van der Waals surface area contributed by atoms with Crippen molar-refractivity contribution < 1.29 is 64.6 Å². The summed E-state index contributed by atoms with van der Waals surface area (Å²) in [6.07, 6.45) is 46.9. The first-order chi connectivity index (χ1) is 39.6. The Morgan fingerprint density at radius 2 is 0.765 bits per heavy atom. The van der Waals surface area contributed by atoms with E-state index in [1.54, 1.807) is 6.08 Å². The second kappa shape index (κ2) is 53.0. The van der Waals surface area contributed by atoms with Crippen LogP contribution in [0.4, 0.5) is 0 Å². The minimum Gasteiger partial charge on any atom is -0.394 e. The maximum atomic E-state index is 13.3. The molecule has 2 aliphatic rings. The number of carbonyl (C=O) groups is 1. The molecule has 2 heterocycles. The van der Waals surface area contributed by atoms with Gasteiger partial charge in [0.15, 0.2) is 12.6 Å². The summed E-state index contributed by atoms with van der Waals surface area (Å²) in [5.74, 6) is -0.231. The van der Waals surface area contributed by atoms with E-state index < -0.39 is 86.8 Å². The molecule has 0 saturated carbocycles. The summed E-state index contributed by atoms with van der Waals surface area (Å²) >= 11 is 0. The molecule has 2 aliphatic heterocycles. The van der Waals surface area contributed by atoms with Crippen LogP contribution in [-0.2, 0) is 23.7 Å². The summed E-state index contributed by atoms with van der Waals surface area (Å²) < 4.78 is 22.9. The van der Waals surface area contributed by atoms with E-state index in [0.717, 1.165) is 38.5 Å². The maximum Gasteiger partial charge on any atom is 0.220 e. The molecular formula is C67H129NO13. The molecule has 14 heteroatoms. The molecule has 14 nitrogen and oxygen atoms in total. The van der Waals surface area contributed by atoms with E-state index in [0.29, 0.717) is 6.42 Å². The highest BCUT2D eigenvalue weighted by molar-refractivity contribution is 5.76. The van der Waals surface area contributed by atoms with Crippen LogP contribution in [0.25, 0.3) is 0 Å². The number of hydrogen-bond acceptors (Lipinski definition) is 13. The largest absolute Gasteiger partial charge is 0.394 e. The van der Waals surface area contributed by atoms with E-state index in [1.807, 2.05) is 6.08 Å². The molecule has 2 fully saturated rings. The zero-order chi connectivity index (χ0) is 58.8. The third-order valence-electron chi connectivity index (χ3n) is 17.2. The molecule has 2 rings (SSSR count). The fourth-order valence-electron chi connectivity index (χ4n) is 11.7. The predicted octanol–water partition coefficient (Wildman–Crippen LogP) is 13.4. The number of amides is 1. The van der Waals surface area contributed by atoms with E-state index in [9.17, 15) is 45.6 Å². The van der Waals surface area contributed by atoms with Crippen molar-refractivity contribution in [2.75, 3.05) is 19.8 Å². The molecule has 81 heavy (non-hydrogen) atoms. The zero-order valence-electron chi connectivity index (χ0n) is 52.1. The molecule has 0 spiro atoms. The molecule has 0 radical (unpaired) electrons. The SMILES string of the molecule is CCCCCCCCCCCCCCCCCCCCCCCC/C=C/C(O)C(COC1OC(CO)C(OC2OC(CO)C(O)C(O)C2O)C(O)C1O)NC(=O)CCCCCCCCCCCCCCCCCCCCCCCCC. The smallest absolute Gasteiger partial charge is 0.220 e. The molecule has 480 valence electrons. The highest BCUT2D eigenvalue weighted by Gasteiger charge is 2.51. The van der Waals surface area contributed by atoms with E-state index in [4.69, 9.17) is 18.9 Å². The lowest BCUT2D eigenvalue weighted by Crippen LogP contribution is -2.65. The Kier molecular flexibility index (Phi) is 49.6. The number of hydrogen-bond donors (Lipinski definition) is 9. The number of ether oxygens (including phenoxy) is 4. The van der Waals surface area contributed by atoms with Gasteiger partial charge in [-0.1, -0.05) is 302 Å². The summed E-state index contributed by atoms with van der Waals surface area (Å²) in [6.45, 7) is 2.86. The minimum absolute atomic E-state index is 0.231. The average molecular weight is 1160 g/mol. The van der Waals surface area contributed by atoms with Crippen molar-refractivity contribution in [1.82, 2.24) is 5.32 Å². The Labute approximate surface area is 495 Å². The van der Waals surface area contributed by atoms with Crippen LogP contribution in [0, 0.1) is 0 Å². The quantitative estimate of drug-likeness (QED) is 0.0204. The lowest BCUT2D eigenvalue weighted by atomic mass is 9.97. The fraction of sp³-hybridized carbons (Fsp3) is 0.955. The van der Waals surface area contributed by atoms with Crippen molar-refractivity contribution in [1.29, 1.82) is 0 Å². The van der Waals surface area contributed by atoms with Gasteiger partial charge in [-0.25, -0.2) is 0 Å². The van der Waals surface area contributed by atoms with Crippen molar-refractivity contribution in [3.05, 3.63) is 12.2 Å². The van der Waals surface area contributed by atoms with Crippen LogP contribution in [0.2, 0.25) is 0 Å². The van der Waals surface area contributed by atoms with Gasteiger partial charge in [-0.2, -0.15) is 0 Å². The Balaban J connectivity index is 1.70. The van der Waals surface area contributed by atoms with Gasteiger partial charge in [-0.05, 0) is 19.3 Å². The van der Waals surface area contributed by atoms with Crippen LogP contribution >= 0.6 is 0 Å². The summed E-state index contributed by atoms with van der Waals surface area (Å²) in [4.78, 5) is 13.3. The van der Waals surface area contributed by atoms with Gasteiger partial charge >= 0.3 is 0 Å². The van der Waals surface area contributed by atoms with Crippen LogP contribution in [0.15, 0.2) is 12.2 Å². The molecule has 0 bridgehead atoms. The lowest BCUT2D eigenvalue weighted by Gasteiger charge is -2.46. The predicted molar refractivity (Wildman–Crippen MR) is 328 cm³/mol. The van der Waals surface area contributed by atoms with Crippen LogP contribution in [0.3, 0.4) is 0 Å². The average Bonchev–Trinajstić information content (AvgIpc) is 3.48. The fourth-order valence-corrected chi connectivity index (χ4v) is 11.7. The Hall–Kier alpha value is -1.27. The van der Waals surface area contributed by atoms with Gasteiger partial charge in [0.1, 0.15) is 48.8 Å². The van der Waals surface area contributed by atoms with E-state index in [-0.39, 0.29) is 18.9 Å². The summed E-state index contributed by atoms with van der Waals surface area (Å²) in [6, 6.07) is -0.911. The van der Waals surface area contributed by atoms with Crippen LogP contribution < -0.4 is 5.32 Å². The topological polar surface area (TPSA) is 228 Å². The van der Waals surface area contributed by atoms with Gasteiger partial charge in [0.25, 0.3) is 0 Å². The molecule has 0 aromatic carbocycles. The van der Waals surface area contributed by atoms with Gasteiger partial charge in [0.2, 0.25) is 5.91 Å². The van der Waals surface area contributed by atoms with Crippen LogP contribution in [0.5, 0.6) is 0 Å². The molecule has 0 aromatic rings. The van der Waals surface area contributed by atoms with Gasteiger partial charge < -0.3 is 65.1 Å². The van der Waals surface area contributed by atoms with Crippen molar-refractivity contribution in [3.8, 4) is 0 Å². The summed E-state index contributed by atoms with van der Waals surface area (Å²) in [7, 11) is 0. The molecule has 0 aliphatic carbocycles. The lowest BCUT2D eigenvalue weighted by molar-refractivity contribution is -0.359. The van der Waals surface area contributed by atoms with Crippen LogP contribution in [0.1, 0.15) is 316 Å². The molecule has 12 unspecified atom stereocenters. The van der Waals surface area contributed by atoms with E-state index >= 15 is 0 Å². The molecular weight excluding hydrogens is 1030 g/mol. The molecule has 9 N–H and O–H groups in total. The standard InChI is InChI=1S/C67H129NO13/c1-3-5-7-9-11-13-15-17-19-21-23-25-27-29-30-32-34-36-38-40-42-44-46-48-50-56(71)55(54-78-66-64(77)62(75)65(58(53-70)80-66)81-67-63(76)61(74)60(73)57(52-69)79-67)68-59(72)51-49-47-45-43-41-39-37-35-33-31-28-26-24-22-20-18-16-14-12-10-8-6-4-2/h48,50,55-58,60-67,69-71,73-77H,3-47,49,51-54H2,1-2H3,(H,68,72)/b50-48+. The highest BCUT2D eigenvalue weighted by Crippen LogP contribution is 2.30. The molecule has 12 atom stereocenters. The second-order valence-corrected chi connectivity index (χ2v) is 24.7. The first kappa shape index (κ1) is 75.8. The van der Waals surface area contributed by atoms with Crippen LogP contribution in [-0.4, -0.2) is 140 Å². The third-order valence-corrected chi connectivity index (χ3v) is 17.2. The third kappa shape index (κ3) is 37.8. The Morgan fingerprint density at radius 3 is 1.14 bits per heavy atom. The summed E-state index contributed by atoms with van der Waals surface area (Å²) in [5, 5.41) is 87.4. The van der Waals surface area contributed by atoms with E-state index in [1.165, 1.54) is 250 Å². The number of rotatable bonds is 57. The van der Waals surface area contributed by atoms with Crippen molar-refractivity contribution in [3.63, 3.8) is 0 Å². The van der Waals surface area contributed by atoms with Gasteiger partial charge in [-0.3, -0.25) is 4.79 Å². The Bertz CT molecular complexity index is 1410. The van der Waals surface area contributed by atoms with Gasteiger partial charge in [0, 0.05) is 6.42 Å².